The number of benzene rings is 1. The molecule has 1 aromatic heterocycles. The fourth-order valence-corrected chi connectivity index (χ4v) is 2.12. The molecule has 0 spiro atoms. The fourth-order valence-electron chi connectivity index (χ4n) is 2.12. The molecule has 0 bridgehead atoms. The van der Waals surface area contributed by atoms with E-state index in [1.807, 2.05) is 25.3 Å². The zero-order valence-corrected chi connectivity index (χ0v) is 10.1. The number of rotatable bonds is 2. The van der Waals surface area contributed by atoms with Gasteiger partial charge in [-0.25, -0.2) is 0 Å². The van der Waals surface area contributed by atoms with Gasteiger partial charge in [-0.05, 0) is 30.7 Å². The van der Waals surface area contributed by atoms with Crippen molar-refractivity contribution in [3.8, 4) is 11.5 Å². The third-order valence-corrected chi connectivity index (χ3v) is 3.15. The van der Waals surface area contributed by atoms with Crippen LogP contribution in [-0.4, -0.2) is 16.7 Å². The Morgan fingerprint density at radius 3 is 3.11 bits per heavy atom. The Morgan fingerprint density at radius 1 is 1.39 bits per heavy atom. The lowest BCUT2D eigenvalue weighted by Gasteiger charge is -2.14. The molecule has 0 fully saturated rings. The number of pyridine rings is 1. The number of phenols is 1. The number of phenolic OH excluding ortho intramolecular Hbond substituents is 1. The third kappa shape index (κ3) is 1.86. The predicted molar refractivity (Wildman–Crippen MR) is 68.9 cm³/mol. The average molecular weight is 242 g/mol. The topological polar surface area (TPSA) is 54.4 Å². The van der Waals surface area contributed by atoms with Crippen molar-refractivity contribution in [1.82, 2.24) is 4.98 Å². The van der Waals surface area contributed by atoms with Crippen LogP contribution in [0.15, 0.2) is 36.7 Å². The van der Waals surface area contributed by atoms with E-state index in [1.54, 1.807) is 18.3 Å². The molecule has 1 aromatic carbocycles. The molecule has 1 atom stereocenters. The summed E-state index contributed by atoms with van der Waals surface area (Å²) in [5, 5.41) is 12.8. The van der Waals surface area contributed by atoms with Gasteiger partial charge >= 0.3 is 0 Å². The van der Waals surface area contributed by atoms with E-state index in [2.05, 4.69) is 10.3 Å². The number of hydrogen-bond donors (Lipinski definition) is 2. The minimum Gasteiger partial charge on any atom is -0.508 e. The van der Waals surface area contributed by atoms with Crippen LogP contribution in [-0.2, 0) is 0 Å². The third-order valence-electron chi connectivity index (χ3n) is 3.15. The van der Waals surface area contributed by atoms with Gasteiger partial charge in [-0.3, -0.25) is 4.98 Å². The number of nitrogens with one attached hydrogen (secondary N) is 1. The monoisotopic (exact) mass is 242 g/mol. The number of hydrogen-bond acceptors (Lipinski definition) is 4. The van der Waals surface area contributed by atoms with E-state index < -0.39 is 0 Å². The Bertz CT molecular complexity index is 584. The molecule has 0 radical (unpaired) electrons. The van der Waals surface area contributed by atoms with Crippen LogP contribution in [0.3, 0.4) is 0 Å². The summed E-state index contributed by atoms with van der Waals surface area (Å²) in [6, 6.07) is 7.28. The Kier molecular flexibility index (Phi) is 2.55. The number of anilines is 1. The molecule has 1 aliphatic rings. The molecule has 0 aliphatic carbocycles. The number of aromatic hydroxyl groups is 1. The van der Waals surface area contributed by atoms with Crippen molar-refractivity contribution in [3.05, 3.63) is 47.8 Å². The Balaban J connectivity index is 1.87. The SMILES string of the molecule is Cc1ccncc1NC1COc2cc(O)ccc21. The molecule has 4 heteroatoms. The quantitative estimate of drug-likeness (QED) is 0.850. The molecule has 4 nitrogen and oxygen atoms in total. The summed E-state index contributed by atoms with van der Waals surface area (Å²) in [6.45, 7) is 2.60. The first-order chi connectivity index (χ1) is 8.74. The highest BCUT2D eigenvalue weighted by atomic mass is 16.5. The smallest absolute Gasteiger partial charge is 0.128 e. The maximum atomic E-state index is 9.41. The molecular formula is C14H14N2O2. The predicted octanol–water partition coefficient (Wildman–Crippen LogP) is 2.64. The van der Waals surface area contributed by atoms with E-state index in [4.69, 9.17) is 4.74 Å². The van der Waals surface area contributed by atoms with Gasteiger partial charge in [0, 0.05) is 17.8 Å². The molecule has 3 rings (SSSR count). The van der Waals surface area contributed by atoms with Crippen molar-refractivity contribution in [2.24, 2.45) is 0 Å². The molecule has 0 amide bonds. The van der Waals surface area contributed by atoms with Crippen LogP contribution in [0.1, 0.15) is 17.2 Å². The van der Waals surface area contributed by atoms with Crippen LogP contribution < -0.4 is 10.1 Å². The summed E-state index contributed by atoms with van der Waals surface area (Å²) in [4.78, 5) is 4.11. The minimum absolute atomic E-state index is 0.100. The van der Waals surface area contributed by atoms with Crippen molar-refractivity contribution >= 4 is 5.69 Å². The molecule has 0 saturated carbocycles. The lowest BCUT2D eigenvalue weighted by Crippen LogP contribution is -2.12. The summed E-state index contributed by atoms with van der Waals surface area (Å²) in [5.41, 5.74) is 3.22. The van der Waals surface area contributed by atoms with E-state index in [9.17, 15) is 5.11 Å². The van der Waals surface area contributed by atoms with Crippen molar-refractivity contribution in [1.29, 1.82) is 0 Å². The van der Waals surface area contributed by atoms with Crippen LogP contribution in [0.4, 0.5) is 5.69 Å². The first kappa shape index (κ1) is 10.9. The van der Waals surface area contributed by atoms with Gasteiger partial charge < -0.3 is 15.2 Å². The van der Waals surface area contributed by atoms with Gasteiger partial charge in [0.1, 0.15) is 18.1 Å². The van der Waals surface area contributed by atoms with Crippen LogP contribution in [0.25, 0.3) is 0 Å². The van der Waals surface area contributed by atoms with Crippen molar-refractivity contribution in [3.63, 3.8) is 0 Å². The van der Waals surface area contributed by atoms with Crippen LogP contribution in [0.5, 0.6) is 11.5 Å². The van der Waals surface area contributed by atoms with Gasteiger partial charge in [-0.2, -0.15) is 0 Å². The van der Waals surface area contributed by atoms with Gasteiger partial charge in [0.05, 0.1) is 17.9 Å². The standard InChI is InChI=1S/C14H14N2O2/c1-9-4-5-15-7-12(9)16-13-8-18-14-6-10(17)2-3-11(13)14/h2-7,13,16-17H,8H2,1H3. The molecule has 2 aromatic rings. The van der Waals surface area contributed by atoms with Gasteiger partial charge in [0.15, 0.2) is 0 Å². The summed E-state index contributed by atoms with van der Waals surface area (Å²) in [6.07, 6.45) is 3.59. The Hall–Kier alpha value is -2.23. The molecule has 18 heavy (non-hydrogen) atoms. The molecule has 92 valence electrons. The maximum absolute atomic E-state index is 9.41. The lowest BCUT2D eigenvalue weighted by atomic mass is 10.1. The number of ether oxygens (including phenoxy) is 1. The molecule has 2 N–H and O–H groups in total. The lowest BCUT2D eigenvalue weighted by molar-refractivity contribution is 0.338. The molecule has 0 saturated heterocycles. The second-order valence-electron chi connectivity index (χ2n) is 4.42. The highest BCUT2D eigenvalue weighted by Gasteiger charge is 2.24. The summed E-state index contributed by atoms with van der Waals surface area (Å²) >= 11 is 0. The highest BCUT2D eigenvalue weighted by Crippen LogP contribution is 2.36. The number of nitrogens with zero attached hydrogens (tertiary/aromatic N) is 1. The second-order valence-corrected chi connectivity index (χ2v) is 4.42. The largest absolute Gasteiger partial charge is 0.508 e. The van der Waals surface area contributed by atoms with Gasteiger partial charge in [-0.15, -0.1) is 0 Å². The number of aryl methyl sites for hydroxylation is 1. The average Bonchev–Trinajstić information content (AvgIpc) is 2.74. The van der Waals surface area contributed by atoms with E-state index >= 15 is 0 Å². The van der Waals surface area contributed by atoms with E-state index in [-0.39, 0.29) is 11.8 Å². The number of fused-ring (bicyclic) bond motifs is 1. The minimum atomic E-state index is 0.100. The molecule has 1 unspecified atom stereocenters. The molecule has 2 heterocycles. The highest BCUT2D eigenvalue weighted by molar-refractivity contribution is 5.53. The molecule has 1 aliphatic heterocycles. The van der Waals surface area contributed by atoms with Crippen LogP contribution in [0, 0.1) is 6.92 Å². The Morgan fingerprint density at radius 2 is 2.28 bits per heavy atom. The zero-order chi connectivity index (χ0) is 12.5. The maximum Gasteiger partial charge on any atom is 0.128 e. The summed E-state index contributed by atoms with van der Waals surface area (Å²) in [7, 11) is 0. The van der Waals surface area contributed by atoms with Crippen molar-refractivity contribution < 1.29 is 9.84 Å². The van der Waals surface area contributed by atoms with E-state index in [0.29, 0.717) is 6.61 Å². The summed E-state index contributed by atoms with van der Waals surface area (Å²) < 4.78 is 5.56. The van der Waals surface area contributed by atoms with E-state index in [1.165, 1.54) is 0 Å². The van der Waals surface area contributed by atoms with Crippen molar-refractivity contribution in [2.75, 3.05) is 11.9 Å². The first-order valence-corrected chi connectivity index (χ1v) is 5.87. The Labute approximate surface area is 105 Å². The normalized spacial score (nSPS) is 17.1. The van der Waals surface area contributed by atoms with Crippen molar-refractivity contribution in [2.45, 2.75) is 13.0 Å². The second kappa shape index (κ2) is 4.22. The fraction of sp³-hybridized carbons (Fsp3) is 0.214. The van der Waals surface area contributed by atoms with Crippen LogP contribution in [0.2, 0.25) is 0 Å². The molecular weight excluding hydrogens is 228 g/mol. The van der Waals surface area contributed by atoms with Crippen LogP contribution >= 0.6 is 0 Å². The zero-order valence-electron chi connectivity index (χ0n) is 10.1. The number of aromatic nitrogens is 1. The van der Waals surface area contributed by atoms with Gasteiger partial charge in [0.2, 0.25) is 0 Å². The van der Waals surface area contributed by atoms with Gasteiger partial charge in [0.25, 0.3) is 0 Å². The first-order valence-electron chi connectivity index (χ1n) is 5.87. The van der Waals surface area contributed by atoms with Gasteiger partial charge in [-0.1, -0.05) is 0 Å². The van der Waals surface area contributed by atoms with E-state index in [0.717, 1.165) is 22.6 Å². The summed E-state index contributed by atoms with van der Waals surface area (Å²) in [5.74, 6) is 0.973.